The molecule has 5 aromatic rings. The Balaban J connectivity index is 1.21. The highest BCUT2D eigenvalue weighted by Gasteiger charge is 2.26. The van der Waals surface area contributed by atoms with Crippen LogP contribution in [0.15, 0.2) is 53.8 Å². The Bertz CT molecular complexity index is 1690. The Labute approximate surface area is 227 Å². The van der Waals surface area contributed by atoms with Crippen molar-refractivity contribution in [2.24, 2.45) is 5.73 Å². The lowest BCUT2D eigenvalue weighted by Crippen LogP contribution is -2.35. The molecule has 0 bridgehead atoms. The van der Waals surface area contributed by atoms with Crippen LogP contribution in [-0.4, -0.2) is 48.5 Å². The molecule has 40 heavy (non-hydrogen) atoms. The number of hydrogen-bond donors (Lipinski definition) is 2. The maximum absolute atomic E-state index is 15.3. The van der Waals surface area contributed by atoms with Crippen molar-refractivity contribution in [2.75, 3.05) is 23.3 Å². The number of halogens is 2. The second kappa shape index (κ2) is 10.3. The van der Waals surface area contributed by atoms with E-state index >= 15 is 8.78 Å². The summed E-state index contributed by atoms with van der Waals surface area (Å²) in [5.74, 6) is -1.03. The third-order valence-electron chi connectivity index (χ3n) is 7.03. The minimum absolute atomic E-state index is 0.0167. The van der Waals surface area contributed by atoms with Crippen molar-refractivity contribution in [1.29, 1.82) is 0 Å². The van der Waals surface area contributed by atoms with Gasteiger partial charge in [-0.15, -0.1) is 0 Å². The molecule has 11 nitrogen and oxygen atoms in total. The van der Waals surface area contributed by atoms with E-state index in [0.29, 0.717) is 17.2 Å². The van der Waals surface area contributed by atoms with Crippen LogP contribution in [0.1, 0.15) is 41.9 Å². The highest BCUT2D eigenvalue weighted by molar-refractivity contribution is 5.91. The molecule has 0 aliphatic carbocycles. The van der Waals surface area contributed by atoms with Gasteiger partial charge in [0.2, 0.25) is 11.8 Å². The Hall–Kier alpha value is -4.94. The predicted octanol–water partition coefficient (Wildman–Crippen LogP) is 4.40. The molecule has 4 aromatic heterocycles. The average molecular weight is 546 g/mol. The van der Waals surface area contributed by atoms with Gasteiger partial charge in [0.15, 0.2) is 11.5 Å². The SMILES string of the molecule is CCc1cnc(N2CCC(n3cc(F)c4c(Nc5ccc(-c6nc(C(N)=O)co6)cc5F)ncnc43)CC2)nc1. The van der Waals surface area contributed by atoms with Gasteiger partial charge in [-0.1, -0.05) is 6.92 Å². The van der Waals surface area contributed by atoms with E-state index in [2.05, 4.69) is 42.1 Å². The lowest BCUT2D eigenvalue weighted by atomic mass is 10.1. The first-order valence-electron chi connectivity index (χ1n) is 12.8. The molecule has 0 atom stereocenters. The summed E-state index contributed by atoms with van der Waals surface area (Å²) in [5, 5.41) is 3.05. The molecule has 3 N–H and O–H groups in total. The van der Waals surface area contributed by atoms with E-state index in [-0.39, 0.29) is 34.5 Å². The van der Waals surface area contributed by atoms with Gasteiger partial charge in [-0.3, -0.25) is 4.79 Å². The van der Waals surface area contributed by atoms with E-state index in [4.69, 9.17) is 10.2 Å². The van der Waals surface area contributed by atoms with Crippen LogP contribution in [0.25, 0.3) is 22.5 Å². The van der Waals surface area contributed by atoms with Crippen molar-refractivity contribution in [3.63, 3.8) is 0 Å². The fourth-order valence-corrected chi connectivity index (χ4v) is 4.85. The zero-order valence-electron chi connectivity index (χ0n) is 21.5. The van der Waals surface area contributed by atoms with Gasteiger partial charge in [-0.05, 0) is 43.0 Å². The molecule has 0 unspecified atom stereocenters. The van der Waals surface area contributed by atoms with Gasteiger partial charge in [-0.25, -0.2) is 33.7 Å². The highest BCUT2D eigenvalue weighted by atomic mass is 19.1. The number of anilines is 3. The number of nitrogens with one attached hydrogen (secondary N) is 1. The fourth-order valence-electron chi connectivity index (χ4n) is 4.85. The third kappa shape index (κ3) is 4.70. The van der Waals surface area contributed by atoms with Crippen molar-refractivity contribution < 1.29 is 18.0 Å². The number of piperidine rings is 1. The number of aryl methyl sites for hydroxylation is 1. The quantitative estimate of drug-likeness (QED) is 0.304. The number of hydrogen-bond acceptors (Lipinski definition) is 9. The number of benzene rings is 1. The predicted molar refractivity (Wildman–Crippen MR) is 143 cm³/mol. The normalized spacial score (nSPS) is 14.1. The number of fused-ring (bicyclic) bond motifs is 1. The van der Waals surface area contributed by atoms with Gasteiger partial charge in [0.25, 0.3) is 5.91 Å². The molecule has 1 aliphatic heterocycles. The molecule has 0 saturated carbocycles. The largest absolute Gasteiger partial charge is 0.444 e. The van der Waals surface area contributed by atoms with Crippen LogP contribution in [0.2, 0.25) is 0 Å². The minimum atomic E-state index is -0.753. The van der Waals surface area contributed by atoms with E-state index in [1.807, 2.05) is 17.0 Å². The summed E-state index contributed by atoms with van der Waals surface area (Å²) >= 11 is 0. The molecular formula is C27H25F2N9O2. The van der Waals surface area contributed by atoms with Crippen molar-refractivity contribution in [3.05, 3.63) is 72.3 Å². The molecule has 1 aromatic carbocycles. The molecule has 6 rings (SSSR count). The van der Waals surface area contributed by atoms with E-state index in [1.54, 1.807) is 6.07 Å². The van der Waals surface area contributed by atoms with E-state index < -0.39 is 17.5 Å². The number of rotatable bonds is 7. The lowest BCUT2D eigenvalue weighted by molar-refractivity contribution is 0.0995. The second-order valence-electron chi connectivity index (χ2n) is 9.49. The summed E-state index contributed by atoms with van der Waals surface area (Å²) in [6.45, 7) is 3.50. The number of aromatic nitrogens is 6. The number of primary amides is 1. The topological polar surface area (TPSA) is 141 Å². The molecule has 5 heterocycles. The monoisotopic (exact) mass is 545 g/mol. The number of carbonyl (C=O) groups excluding carboxylic acids is 1. The Kier molecular flexibility index (Phi) is 6.54. The molecule has 1 fully saturated rings. The van der Waals surface area contributed by atoms with Crippen molar-refractivity contribution >= 4 is 34.4 Å². The summed E-state index contributed by atoms with van der Waals surface area (Å²) in [5.41, 5.74) is 7.01. The second-order valence-corrected chi connectivity index (χ2v) is 9.49. The van der Waals surface area contributed by atoms with Crippen molar-refractivity contribution in [1.82, 2.24) is 29.5 Å². The summed E-state index contributed by atoms with van der Waals surface area (Å²) in [6, 6.07) is 4.21. The van der Waals surface area contributed by atoms with Crippen LogP contribution in [0.5, 0.6) is 0 Å². The number of nitrogens with two attached hydrogens (primary N) is 1. The van der Waals surface area contributed by atoms with Crippen LogP contribution in [0.3, 0.4) is 0 Å². The standard InChI is InChI=1S/C27H25F2N9O2/c1-2-15-10-31-27(32-11-15)37-7-5-17(6-8-37)38-12-19(29)22-24(33-14-34-25(22)38)35-20-4-3-16(9-18(20)28)26-36-21(13-40-26)23(30)39/h3-4,9-14,17H,2,5-8H2,1H3,(H2,30,39)(H,33,34,35). The molecule has 0 spiro atoms. The summed E-state index contributed by atoms with van der Waals surface area (Å²) < 4.78 is 37.3. The number of nitrogens with zero attached hydrogens (tertiary/aromatic N) is 7. The average Bonchev–Trinajstić information content (AvgIpc) is 3.60. The van der Waals surface area contributed by atoms with Crippen molar-refractivity contribution in [2.45, 2.75) is 32.2 Å². The summed E-state index contributed by atoms with van der Waals surface area (Å²) in [7, 11) is 0. The smallest absolute Gasteiger partial charge is 0.270 e. The van der Waals surface area contributed by atoms with Gasteiger partial charge >= 0.3 is 0 Å². The number of oxazole rings is 1. The van der Waals surface area contributed by atoms with Gasteiger partial charge in [0.1, 0.15) is 29.9 Å². The Morgan fingerprint density at radius 2 is 1.90 bits per heavy atom. The Morgan fingerprint density at radius 1 is 1.12 bits per heavy atom. The van der Waals surface area contributed by atoms with Crippen LogP contribution in [0, 0.1) is 11.6 Å². The Morgan fingerprint density at radius 3 is 2.58 bits per heavy atom. The maximum Gasteiger partial charge on any atom is 0.270 e. The first-order valence-corrected chi connectivity index (χ1v) is 12.8. The zero-order chi connectivity index (χ0) is 27.8. The molecule has 204 valence electrons. The summed E-state index contributed by atoms with van der Waals surface area (Å²) in [6.07, 6.45) is 9.93. The fraction of sp³-hybridized carbons (Fsp3) is 0.259. The van der Waals surface area contributed by atoms with Gasteiger partial charge in [0.05, 0.1) is 11.1 Å². The number of carbonyl (C=O) groups is 1. The van der Waals surface area contributed by atoms with Crippen LogP contribution in [-0.2, 0) is 6.42 Å². The number of amides is 1. The molecule has 0 radical (unpaired) electrons. The first-order chi connectivity index (χ1) is 19.4. The molecule has 1 aliphatic rings. The molecule has 1 saturated heterocycles. The van der Waals surface area contributed by atoms with Crippen LogP contribution in [0.4, 0.5) is 26.2 Å². The summed E-state index contributed by atoms with van der Waals surface area (Å²) in [4.78, 5) is 34.8. The van der Waals surface area contributed by atoms with Gasteiger partial charge in [0, 0.05) is 43.3 Å². The molecule has 13 heteroatoms. The molecule has 1 amide bonds. The van der Waals surface area contributed by atoms with E-state index in [9.17, 15) is 4.79 Å². The van der Waals surface area contributed by atoms with Gasteiger partial charge in [-0.2, -0.15) is 0 Å². The maximum atomic E-state index is 15.3. The minimum Gasteiger partial charge on any atom is -0.444 e. The third-order valence-corrected chi connectivity index (χ3v) is 7.03. The van der Waals surface area contributed by atoms with E-state index in [1.165, 1.54) is 24.7 Å². The van der Waals surface area contributed by atoms with E-state index in [0.717, 1.165) is 44.2 Å². The lowest BCUT2D eigenvalue weighted by Gasteiger charge is -2.32. The molecular weight excluding hydrogens is 520 g/mol. The van der Waals surface area contributed by atoms with Gasteiger partial charge < -0.3 is 24.9 Å². The van der Waals surface area contributed by atoms with Crippen LogP contribution < -0.4 is 16.0 Å². The zero-order valence-corrected chi connectivity index (χ0v) is 21.5. The van der Waals surface area contributed by atoms with Crippen molar-refractivity contribution in [3.8, 4) is 11.5 Å². The highest BCUT2D eigenvalue weighted by Crippen LogP contribution is 2.34. The van der Waals surface area contributed by atoms with Crippen LogP contribution >= 0.6 is 0 Å². The first kappa shape index (κ1) is 25.3.